The minimum absolute atomic E-state index is 0.0558. The second kappa shape index (κ2) is 29.6. The van der Waals surface area contributed by atoms with Crippen LogP contribution in [0.25, 0.3) is 22.8 Å². The summed E-state index contributed by atoms with van der Waals surface area (Å²) in [7, 11) is 4.19. The molecule has 0 radical (unpaired) electrons. The summed E-state index contributed by atoms with van der Waals surface area (Å²) in [5, 5.41) is 21.6. The van der Waals surface area contributed by atoms with Gasteiger partial charge in [-0.25, -0.2) is 19.6 Å². The summed E-state index contributed by atoms with van der Waals surface area (Å²) in [6.07, 6.45) is 5.45. The molecule has 4 heterocycles. The minimum atomic E-state index is -1.26. The molecule has 0 atom stereocenters. The van der Waals surface area contributed by atoms with Gasteiger partial charge in [0.25, 0.3) is 11.1 Å². The topological polar surface area (TPSA) is 256 Å². The van der Waals surface area contributed by atoms with Crippen molar-refractivity contribution in [1.29, 1.82) is 0 Å². The maximum Gasteiger partial charge on any atom is 0.328 e. The van der Waals surface area contributed by atoms with Crippen LogP contribution in [0.4, 0.5) is 11.4 Å². The summed E-state index contributed by atoms with van der Waals surface area (Å²) in [6.45, 7) is 21.2. The number of piperazine rings is 2. The van der Waals surface area contributed by atoms with E-state index in [1.807, 2.05) is 77.9 Å². The van der Waals surface area contributed by atoms with E-state index in [1.165, 1.54) is 0 Å². The number of nitrogens with one attached hydrogen (secondary N) is 4. The van der Waals surface area contributed by atoms with Crippen LogP contribution in [-0.2, 0) is 44.9 Å². The third kappa shape index (κ3) is 18.1. The summed E-state index contributed by atoms with van der Waals surface area (Å²) in [5.74, 6) is -0.424. The van der Waals surface area contributed by atoms with Crippen LogP contribution in [0.1, 0.15) is 76.9 Å². The molecule has 20 heteroatoms. The summed E-state index contributed by atoms with van der Waals surface area (Å²) in [5.41, 5.74) is 5.41. The van der Waals surface area contributed by atoms with E-state index in [0.29, 0.717) is 121 Å². The van der Waals surface area contributed by atoms with Crippen molar-refractivity contribution in [2.75, 3.05) is 103 Å². The average molecular weight is 999 g/mol. The summed E-state index contributed by atoms with van der Waals surface area (Å²) in [4.78, 5) is 93.8. The number of hydrogen-bond donors (Lipinski definition) is 6. The smallest absolute Gasteiger partial charge is 0.328 e. The lowest BCUT2D eigenvalue weighted by Gasteiger charge is -2.31. The Labute approximate surface area is 421 Å². The number of carbonyl (C=O) groups excluding carboxylic acids is 2. The van der Waals surface area contributed by atoms with Crippen molar-refractivity contribution >= 4 is 35.1 Å². The maximum absolute atomic E-state index is 12.6. The Morgan fingerprint density at radius 1 is 0.583 bits per heavy atom. The molecule has 2 aromatic heterocycles. The first kappa shape index (κ1) is 57.8. The van der Waals surface area contributed by atoms with Crippen LogP contribution in [-0.4, -0.2) is 166 Å². The molecular formula is C52H74N10O10. The quantitative estimate of drug-likeness (QED) is 0.0651. The number of amides is 2. The number of carbonyl (C=O) groups is 4. The summed E-state index contributed by atoms with van der Waals surface area (Å²) < 4.78 is 11.8. The van der Waals surface area contributed by atoms with Gasteiger partial charge in [-0.15, -0.1) is 0 Å². The van der Waals surface area contributed by atoms with Gasteiger partial charge in [-0.05, 0) is 89.0 Å². The third-order valence-corrected chi connectivity index (χ3v) is 11.8. The number of aromatic amines is 2. The molecule has 0 aliphatic carbocycles. The lowest BCUT2D eigenvalue weighted by molar-refractivity contribution is -0.134. The number of aryl methyl sites for hydroxylation is 2. The van der Waals surface area contributed by atoms with Crippen molar-refractivity contribution in [3.8, 4) is 34.3 Å². The van der Waals surface area contributed by atoms with E-state index in [9.17, 15) is 28.8 Å². The Hall–Kier alpha value is -6.74. The first-order chi connectivity index (χ1) is 34.5. The van der Waals surface area contributed by atoms with Crippen molar-refractivity contribution in [3.05, 3.63) is 91.8 Å². The number of anilines is 2. The van der Waals surface area contributed by atoms with Gasteiger partial charge in [-0.2, -0.15) is 0 Å². The lowest BCUT2D eigenvalue weighted by atomic mass is 10.1. The van der Waals surface area contributed by atoms with Crippen molar-refractivity contribution in [3.63, 3.8) is 0 Å². The van der Waals surface area contributed by atoms with Gasteiger partial charge in [0, 0.05) is 87.0 Å². The zero-order valence-electron chi connectivity index (χ0n) is 43.2. The van der Waals surface area contributed by atoms with Crippen LogP contribution < -0.4 is 31.2 Å². The fourth-order valence-electron chi connectivity index (χ4n) is 7.88. The van der Waals surface area contributed by atoms with Gasteiger partial charge >= 0.3 is 11.9 Å². The van der Waals surface area contributed by atoms with Crippen molar-refractivity contribution in [2.24, 2.45) is 0 Å². The minimum Gasteiger partial charge on any atom is -0.493 e. The SMILES string of the molecule is CCCOc1ccc(NC(=O)CN2CCN(C)CC2)cc1-c1nc(CC)c(CC)c(=O)[nH]1.CCCOc1ccc(NC(=O)CN2CCN(C)CC2)cc1-c1nc(CC)c(CC)c(=O)[nH]1.O=C(O)/C=C\C(=O)O. The standard InChI is InChI=1S/2C24H35N5O3.C4H4O4/c2*1-5-14-32-21-9-8-17(25-22(30)16-29-12-10-28(4)11-13-29)15-19(21)23-26-20(7-3)18(6-2)24(31)27-23;5-3(6)1-2-4(7)8/h2*8-9,15H,5-7,10-14,16H2,1-4H3,(H,25,30)(H,26,27,31);1-2H,(H,5,6)(H,7,8)/b;;2-1-. The van der Waals surface area contributed by atoms with Crippen LogP contribution in [0, 0.1) is 0 Å². The van der Waals surface area contributed by atoms with Gasteiger partial charge in [0.15, 0.2) is 0 Å². The van der Waals surface area contributed by atoms with E-state index in [4.69, 9.17) is 29.7 Å². The van der Waals surface area contributed by atoms with Gasteiger partial charge in [0.05, 0.1) is 48.8 Å². The van der Waals surface area contributed by atoms with Crippen LogP contribution in [0.2, 0.25) is 0 Å². The lowest BCUT2D eigenvalue weighted by Crippen LogP contribution is -2.47. The molecule has 2 aliphatic rings. The highest BCUT2D eigenvalue weighted by Crippen LogP contribution is 2.32. The molecule has 6 N–H and O–H groups in total. The molecule has 0 bridgehead atoms. The molecule has 2 fully saturated rings. The summed E-state index contributed by atoms with van der Waals surface area (Å²) in [6, 6.07) is 11.0. The van der Waals surface area contributed by atoms with E-state index in [0.717, 1.165) is 76.6 Å². The molecule has 4 aromatic rings. The number of hydrogen-bond acceptors (Lipinski definition) is 14. The van der Waals surface area contributed by atoms with Gasteiger partial charge in [-0.1, -0.05) is 41.5 Å². The molecule has 2 aliphatic heterocycles. The van der Waals surface area contributed by atoms with Crippen LogP contribution in [0.3, 0.4) is 0 Å². The van der Waals surface area contributed by atoms with Crippen molar-refractivity contribution in [2.45, 2.75) is 80.1 Å². The maximum atomic E-state index is 12.6. The number of H-pyrrole nitrogens is 2. The molecule has 392 valence electrons. The van der Waals surface area contributed by atoms with Gasteiger partial charge in [0.1, 0.15) is 23.1 Å². The first-order valence-electron chi connectivity index (χ1n) is 24.9. The number of aromatic nitrogens is 4. The molecule has 2 saturated heterocycles. The Bertz CT molecular complexity index is 2410. The zero-order valence-corrected chi connectivity index (χ0v) is 43.2. The Kier molecular flexibility index (Phi) is 23.8. The van der Waals surface area contributed by atoms with Crippen LogP contribution >= 0.6 is 0 Å². The number of carboxylic acid groups (broad SMARTS) is 2. The fraction of sp³-hybridized carbons (Fsp3) is 0.500. The molecule has 2 aromatic carbocycles. The highest BCUT2D eigenvalue weighted by atomic mass is 16.5. The predicted molar refractivity (Wildman–Crippen MR) is 279 cm³/mol. The third-order valence-electron chi connectivity index (χ3n) is 11.8. The Balaban J connectivity index is 0.000000271. The van der Waals surface area contributed by atoms with E-state index in [-0.39, 0.29) is 22.9 Å². The molecule has 72 heavy (non-hydrogen) atoms. The predicted octanol–water partition coefficient (Wildman–Crippen LogP) is 4.78. The number of nitrogens with zero attached hydrogens (tertiary/aromatic N) is 6. The van der Waals surface area contributed by atoms with Crippen LogP contribution in [0.5, 0.6) is 11.5 Å². The average Bonchev–Trinajstić information content (AvgIpc) is 3.36. The molecule has 0 saturated carbocycles. The van der Waals surface area contributed by atoms with E-state index < -0.39 is 11.9 Å². The fourth-order valence-corrected chi connectivity index (χ4v) is 7.88. The second-order valence-corrected chi connectivity index (χ2v) is 17.5. The largest absolute Gasteiger partial charge is 0.493 e. The normalized spacial score (nSPS) is 14.4. The summed E-state index contributed by atoms with van der Waals surface area (Å²) >= 11 is 0. The van der Waals surface area contributed by atoms with Crippen molar-refractivity contribution < 1.29 is 38.9 Å². The molecule has 2 amide bonds. The number of likely N-dealkylation sites (N-methyl/N-ethyl adjacent to an activating group) is 2. The first-order valence-corrected chi connectivity index (χ1v) is 24.9. The van der Waals surface area contributed by atoms with Gasteiger partial charge in [-0.3, -0.25) is 29.0 Å². The second-order valence-electron chi connectivity index (χ2n) is 17.5. The zero-order chi connectivity index (χ0) is 52.7. The molecular weight excluding hydrogens is 925 g/mol. The van der Waals surface area contributed by atoms with Gasteiger partial charge < -0.3 is 50.1 Å². The Morgan fingerprint density at radius 3 is 1.25 bits per heavy atom. The highest BCUT2D eigenvalue weighted by Gasteiger charge is 2.21. The molecule has 0 unspecified atom stereocenters. The molecule has 0 spiro atoms. The molecule has 6 rings (SSSR count). The number of benzene rings is 2. The monoisotopic (exact) mass is 999 g/mol. The number of carboxylic acids is 2. The van der Waals surface area contributed by atoms with E-state index in [1.54, 1.807) is 0 Å². The number of ether oxygens (including phenoxy) is 2. The van der Waals surface area contributed by atoms with Crippen LogP contribution in [0.15, 0.2) is 58.1 Å². The van der Waals surface area contributed by atoms with E-state index in [2.05, 4.69) is 54.3 Å². The van der Waals surface area contributed by atoms with E-state index >= 15 is 0 Å². The van der Waals surface area contributed by atoms with Crippen molar-refractivity contribution in [1.82, 2.24) is 39.5 Å². The highest BCUT2D eigenvalue weighted by molar-refractivity contribution is 5.94. The van der Waals surface area contributed by atoms with Gasteiger partial charge in [0.2, 0.25) is 11.8 Å². The number of aliphatic carboxylic acids is 2. The number of rotatable bonds is 20. The Morgan fingerprint density at radius 2 is 0.944 bits per heavy atom. The molecule has 20 nitrogen and oxygen atoms in total.